The molecule has 0 bridgehead atoms. The minimum atomic E-state index is -1.11. The second kappa shape index (κ2) is 9.85. The molecule has 1 saturated heterocycles. The van der Waals surface area contributed by atoms with E-state index in [1.807, 2.05) is 0 Å². The number of H-pyrrole nitrogens is 1. The summed E-state index contributed by atoms with van der Waals surface area (Å²) in [7, 11) is 1.38. The van der Waals surface area contributed by atoms with Crippen LogP contribution >= 0.6 is 0 Å². The van der Waals surface area contributed by atoms with Crippen molar-refractivity contribution in [3.8, 4) is 22.8 Å². The normalized spacial score (nSPS) is 19.6. The minimum absolute atomic E-state index is 0.0510. The Hall–Kier alpha value is -3.93. The second-order valence-electron chi connectivity index (χ2n) is 9.47. The molecule has 3 aromatic rings. The molecule has 0 unspecified atom stereocenters. The Balaban J connectivity index is 1.48. The number of halogens is 1. The standard InChI is InChI=1S/C25H28FN5O6/c1-12-20(24(33)30-16-5-6-31(25(34)35)9-17(16)32)22-23(29-12)21(27-11-28-22)14-7-15(26)19(36-2)8-18(14)37-10-13-3-4-13/h7-8,11,13,16-17,29,32H,3-6,9-10H2,1-2H3,(H,30,33)(H,34,35)/t16-,17-/m1/s1. The van der Waals surface area contributed by atoms with Crippen LogP contribution in [0.15, 0.2) is 18.5 Å². The zero-order valence-corrected chi connectivity index (χ0v) is 20.5. The molecular formula is C25H28FN5O6. The average molecular weight is 514 g/mol. The van der Waals surface area contributed by atoms with Crippen molar-refractivity contribution >= 4 is 23.0 Å². The van der Waals surface area contributed by atoms with Gasteiger partial charge in [-0.2, -0.15) is 0 Å². The van der Waals surface area contributed by atoms with Gasteiger partial charge in [0.05, 0.1) is 43.5 Å². The van der Waals surface area contributed by atoms with Crippen LogP contribution in [0, 0.1) is 18.7 Å². The number of nitrogens with one attached hydrogen (secondary N) is 2. The molecule has 1 aliphatic heterocycles. The summed E-state index contributed by atoms with van der Waals surface area (Å²) in [4.78, 5) is 37.4. The number of ether oxygens (including phenoxy) is 2. The van der Waals surface area contributed by atoms with Crippen molar-refractivity contribution in [2.24, 2.45) is 5.92 Å². The number of aryl methyl sites for hydroxylation is 1. The van der Waals surface area contributed by atoms with Gasteiger partial charge in [0.1, 0.15) is 23.3 Å². The molecule has 196 valence electrons. The molecule has 37 heavy (non-hydrogen) atoms. The molecule has 5 rings (SSSR count). The van der Waals surface area contributed by atoms with Crippen LogP contribution in [0.5, 0.6) is 11.5 Å². The first-order valence-electron chi connectivity index (χ1n) is 12.1. The quantitative estimate of drug-likeness (QED) is 0.377. The topological polar surface area (TPSA) is 150 Å². The number of piperidine rings is 1. The molecule has 0 spiro atoms. The highest BCUT2D eigenvalue weighted by molar-refractivity contribution is 6.09. The first-order valence-corrected chi connectivity index (χ1v) is 12.1. The molecule has 1 aromatic carbocycles. The number of hydrogen-bond acceptors (Lipinski definition) is 7. The lowest BCUT2D eigenvalue weighted by Gasteiger charge is -2.34. The van der Waals surface area contributed by atoms with Gasteiger partial charge >= 0.3 is 6.09 Å². The molecular weight excluding hydrogens is 485 g/mol. The Morgan fingerprint density at radius 2 is 2.03 bits per heavy atom. The van der Waals surface area contributed by atoms with Crippen molar-refractivity contribution in [2.45, 2.75) is 38.3 Å². The van der Waals surface area contributed by atoms with E-state index < -0.39 is 30.0 Å². The van der Waals surface area contributed by atoms with Crippen molar-refractivity contribution in [1.82, 2.24) is 25.2 Å². The summed E-state index contributed by atoms with van der Waals surface area (Å²) in [5.74, 6) is -0.111. The number of rotatable bonds is 7. The number of carbonyl (C=O) groups is 2. The summed E-state index contributed by atoms with van der Waals surface area (Å²) in [6, 6.07) is 2.17. The van der Waals surface area contributed by atoms with Crippen LogP contribution in [0.1, 0.15) is 35.3 Å². The van der Waals surface area contributed by atoms with Crippen molar-refractivity contribution in [1.29, 1.82) is 0 Å². The van der Waals surface area contributed by atoms with Crippen LogP contribution in [-0.4, -0.2) is 81.0 Å². The number of benzene rings is 1. The first kappa shape index (κ1) is 24.8. The van der Waals surface area contributed by atoms with Crippen LogP contribution in [0.2, 0.25) is 0 Å². The number of aromatic amines is 1. The maximum Gasteiger partial charge on any atom is 0.407 e. The Bertz CT molecular complexity index is 1360. The number of aliphatic hydroxyl groups excluding tert-OH is 1. The Morgan fingerprint density at radius 1 is 1.24 bits per heavy atom. The van der Waals surface area contributed by atoms with Gasteiger partial charge in [-0.3, -0.25) is 4.79 Å². The summed E-state index contributed by atoms with van der Waals surface area (Å²) >= 11 is 0. The molecule has 2 amide bonds. The largest absolute Gasteiger partial charge is 0.494 e. The first-order chi connectivity index (χ1) is 17.8. The molecule has 2 aliphatic rings. The second-order valence-corrected chi connectivity index (χ2v) is 9.47. The van der Waals surface area contributed by atoms with Crippen LogP contribution in [0.4, 0.5) is 9.18 Å². The van der Waals surface area contributed by atoms with Crippen molar-refractivity contribution in [2.75, 3.05) is 26.8 Å². The van der Waals surface area contributed by atoms with Gasteiger partial charge in [0.15, 0.2) is 11.6 Å². The SMILES string of the molecule is COc1cc(OCC2CC2)c(-c2ncnc3c(C(=O)N[C@@H]4CCN(C(=O)O)C[C@H]4O)c(C)[nH]c23)cc1F. The number of carboxylic acid groups (broad SMARTS) is 1. The number of carbonyl (C=O) groups excluding carboxylic acids is 1. The highest BCUT2D eigenvalue weighted by atomic mass is 19.1. The third-order valence-electron chi connectivity index (χ3n) is 6.85. The fourth-order valence-corrected chi connectivity index (χ4v) is 4.61. The van der Waals surface area contributed by atoms with Crippen LogP contribution < -0.4 is 14.8 Å². The van der Waals surface area contributed by atoms with Crippen molar-refractivity contribution in [3.05, 3.63) is 35.5 Å². The summed E-state index contributed by atoms with van der Waals surface area (Å²) in [6.07, 6.45) is 1.59. The predicted octanol–water partition coefficient (Wildman–Crippen LogP) is 2.71. The Kier molecular flexibility index (Phi) is 6.59. The fourth-order valence-electron chi connectivity index (χ4n) is 4.61. The number of aliphatic hydroxyl groups is 1. The summed E-state index contributed by atoms with van der Waals surface area (Å²) in [5.41, 5.74) is 2.32. The van der Waals surface area contributed by atoms with E-state index in [2.05, 4.69) is 20.3 Å². The van der Waals surface area contributed by atoms with Crippen LogP contribution in [-0.2, 0) is 0 Å². The van der Waals surface area contributed by atoms with E-state index in [-0.39, 0.29) is 30.8 Å². The van der Waals surface area contributed by atoms with E-state index >= 15 is 0 Å². The molecule has 1 aliphatic carbocycles. The molecule has 11 nitrogen and oxygen atoms in total. The van der Waals surface area contributed by atoms with Gasteiger partial charge in [-0.15, -0.1) is 0 Å². The molecule has 4 N–H and O–H groups in total. The fraction of sp³-hybridized carbons (Fsp3) is 0.440. The monoisotopic (exact) mass is 513 g/mol. The number of aromatic nitrogens is 3. The maximum absolute atomic E-state index is 14.8. The molecule has 0 radical (unpaired) electrons. The number of methoxy groups -OCH3 is 1. The molecule has 3 heterocycles. The highest BCUT2D eigenvalue weighted by Crippen LogP contribution is 2.39. The number of hydrogen-bond donors (Lipinski definition) is 4. The van der Waals surface area contributed by atoms with Crippen LogP contribution in [0.3, 0.4) is 0 Å². The molecule has 2 fully saturated rings. The lowest BCUT2D eigenvalue weighted by molar-refractivity contribution is 0.0392. The number of amides is 2. The predicted molar refractivity (Wildman–Crippen MR) is 130 cm³/mol. The third-order valence-corrected chi connectivity index (χ3v) is 6.85. The summed E-state index contributed by atoms with van der Waals surface area (Å²) in [5, 5.41) is 22.3. The molecule has 12 heteroatoms. The smallest absolute Gasteiger partial charge is 0.407 e. The van der Waals surface area contributed by atoms with Crippen LogP contribution in [0.25, 0.3) is 22.3 Å². The zero-order chi connectivity index (χ0) is 26.3. The van der Waals surface area contributed by atoms with Gasteiger partial charge in [-0.25, -0.2) is 19.2 Å². The van der Waals surface area contributed by atoms with E-state index in [9.17, 15) is 19.1 Å². The molecule has 1 saturated carbocycles. The number of likely N-dealkylation sites (tertiary alicyclic amines) is 1. The van der Waals surface area contributed by atoms with E-state index in [0.29, 0.717) is 46.3 Å². The minimum Gasteiger partial charge on any atom is -0.494 e. The average Bonchev–Trinajstić information content (AvgIpc) is 3.63. The van der Waals surface area contributed by atoms with E-state index in [1.165, 1.54) is 25.6 Å². The number of β-amino-alcohol motifs (C(OH)–C–C–N with tert-alkyl or cyclic N) is 1. The van der Waals surface area contributed by atoms with E-state index in [4.69, 9.17) is 14.6 Å². The molecule has 2 atom stereocenters. The van der Waals surface area contributed by atoms with Crippen molar-refractivity contribution < 1.29 is 33.7 Å². The lowest BCUT2D eigenvalue weighted by atomic mass is 10.0. The van der Waals surface area contributed by atoms with E-state index in [0.717, 1.165) is 17.7 Å². The lowest BCUT2D eigenvalue weighted by Crippen LogP contribution is -2.55. The van der Waals surface area contributed by atoms with Gasteiger partial charge in [0.25, 0.3) is 5.91 Å². The Morgan fingerprint density at radius 3 is 2.70 bits per heavy atom. The zero-order valence-electron chi connectivity index (χ0n) is 20.5. The summed E-state index contributed by atoms with van der Waals surface area (Å²) in [6.45, 7) is 2.31. The number of fused-ring (bicyclic) bond motifs is 1. The highest BCUT2D eigenvalue weighted by Gasteiger charge is 2.32. The van der Waals surface area contributed by atoms with Gasteiger partial charge in [-0.1, -0.05) is 0 Å². The van der Waals surface area contributed by atoms with Gasteiger partial charge in [-0.05, 0) is 38.2 Å². The van der Waals surface area contributed by atoms with Gasteiger partial charge < -0.3 is 34.9 Å². The van der Waals surface area contributed by atoms with E-state index in [1.54, 1.807) is 6.92 Å². The number of nitrogens with zero attached hydrogens (tertiary/aromatic N) is 3. The molecule has 2 aromatic heterocycles. The van der Waals surface area contributed by atoms with Gasteiger partial charge in [0, 0.05) is 23.9 Å². The van der Waals surface area contributed by atoms with Gasteiger partial charge in [0.2, 0.25) is 0 Å². The maximum atomic E-state index is 14.8. The Labute approximate surface area is 211 Å². The third kappa shape index (κ3) is 4.88. The van der Waals surface area contributed by atoms with Crippen molar-refractivity contribution in [3.63, 3.8) is 0 Å². The summed E-state index contributed by atoms with van der Waals surface area (Å²) < 4.78 is 25.9.